The first-order chi connectivity index (χ1) is 13.1. The van der Waals surface area contributed by atoms with Crippen molar-refractivity contribution in [2.24, 2.45) is 0 Å². The van der Waals surface area contributed by atoms with Gasteiger partial charge in [-0.15, -0.1) is 0 Å². The lowest BCUT2D eigenvalue weighted by Gasteiger charge is -2.19. The van der Waals surface area contributed by atoms with Crippen LogP contribution in [0.3, 0.4) is 0 Å². The number of nitrogens with one attached hydrogen (secondary N) is 1. The molecule has 0 aliphatic heterocycles. The maximum absolute atomic E-state index is 13.8. The Balaban J connectivity index is 2.35. The minimum Gasteiger partial charge on any atom is -0.491 e. The number of benzene rings is 2. The quantitative estimate of drug-likeness (QED) is 0.719. The number of amides is 1. The highest BCUT2D eigenvalue weighted by Crippen LogP contribution is 2.32. The summed E-state index contributed by atoms with van der Waals surface area (Å²) >= 11 is 0. The Kier molecular flexibility index (Phi) is 6.62. The SMILES string of the molecule is Cc1c(OC(C)C)cc(C(=O)Nc2ccc(C(=O)O)c(F)c2)cc1OC(C)C. The lowest BCUT2D eigenvalue weighted by molar-refractivity contribution is 0.0691. The molecule has 0 bridgehead atoms. The second-order valence-electron chi connectivity index (χ2n) is 6.88. The molecule has 0 fully saturated rings. The number of hydrogen-bond acceptors (Lipinski definition) is 4. The first-order valence-corrected chi connectivity index (χ1v) is 8.90. The summed E-state index contributed by atoms with van der Waals surface area (Å²) in [6, 6.07) is 6.59. The van der Waals surface area contributed by atoms with Crippen LogP contribution < -0.4 is 14.8 Å². The summed E-state index contributed by atoms with van der Waals surface area (Å²) < 4.78 is 25.4. The van der Waals surface area contributed by atoms with E-state index >= 15 is 0 Å². The fourth-order valence-corrected chi connectivity index (χ4v) is 2.52. The van der Waals surface area contributed by atoms with Gasteiger partial charge in [-0.25, -0.2) is 9.18 Å². The average Bonchev–Trinajstić information content (AvgIpc) is 2.57. The van der Waals surface area contributed by atoms with Crippen LogP contribution >= 0.6 is 0 Å². The highest BCUT2D eigenvalue weighted by atomic mass is 19.1. The minimum atomic E-state index is -1.38. The van der Waals surface area contributed by atoms with Crippen LogP contribution in [0.5, 0.6) is 11.5 Å². The summed E-state index contributed by atoms with van der Waals surface area (Å²) in [5, 5.41) is 11.5. The van der Waals surface area contributed by atoms with Crippen molar-refractivity contribution >= 4 is 17.6 Å². The van der Waals surface area contributed by atoms with Gasteiger partial charge in [0.1, 0.15) is 17.3 Å². The van der Waals surface area contributed by atoms with Crippen molar-refractivity contribution in [2.75, 3.05) is 5.32 Å². The van der Waals surface area contributed by atoms with Crippen molar-refractivity contribution in [1.29, 1.82) is 0 Å². The van der Waals surface area contributed by atoms with E-state index in [1.807, 2.05) is 34.6 Å². The topological polar surface area (TPSA) is 84.9 Å². The number of rotatable bonds is 7. The number of anilines is 1. The number of carbonyl (C=O) groups is 2. The smallest absolute Gasteiger partial charge is 0.338 e. The summed E-state index contributed by atoms with van der Waals surface area (Å²) in [6.07, 6.45) is -0.192. The van der Waals surface area contributed by atoms with E-state index < -0.39 is 23.3 Å². The molecule has 1 amide bonds. The third-order valence-electron chi connectivity index (χ3n) is 3.76. The van der Waals surface area contributed by atoms with Gasteiger partial charge >= 0.3 is 5.97 Å². The van der Waals surface area contributed by atoms with Gasteiger partial charge in [-0.2, -0.15) is 0 Å². The van der Waals surface area contributed by atoms with Gasteiger partial charge in [-0.05, 0) is 65.0 Å². The van der Waals surface area contributed by atoms with Crippen molar-refractivity contribution in [2.45, 2.75) is 46.8 Å². The van der Waals surface area contributed by atoms with Gasteiger partial charge in [0.25, 0.3) is 5.91 Å². The van der Waals surface area contributed by atoms with Crippen LogP contribution in [0, 0.1) is 12.7 Å². The molecule has 7 heteroatoms. The van der Waals surface area contributed by atoms with Crippen molar-refractivity contribution in [3.63, 3.8) is 0 Å². The molecule has 0 spiro atoms. The maximum Gasteiger partial charge on any atom is 0.338 e. The highest BCUT2D eigenvalue weighted by molar-refractivity contribution is 6.05. The Morgan fingerprint density at radius 2 is 1.54 bits per heavy atom. The van der Waals surface area contributed by atoms with E-state index in [0.717, 1.165) is 17.7 Å². The predicted molar refractivity (Wildman–Crippen MR) is 104 cm³/mol. The van der Waals surface area contributed by atoms with Crippen LogP contribution in [0.1, 0.15) is 54.0 Å². The molecular weight excluding hydrogens is 365 g/mol. The summed E-state index contributed by atoms with van der Waals surface area (Å²) in [4.78, 5) is 23.6. The molecule has 2 N–H and O–H groups in total. The Morgan fingerprint density at radius 3 is 1.96 bits per heavy atom. The molecule has 0 aliphatic carbocycles. The van der Waals surface area contributed by atoms with Crippen molar-refractivity contribution in [1.82, 2.24) is 0 Å². The Morgan fingerprint density at radius 1 is 1.00 bits per heavy atom. The average molecular weight is 389 g/mol. The molecule has 150 valence electrons. The zero-order valence-corrected chi connectivity index (χ0v) is 16.5. The molecule has 0 unspecified atom stereocenters. The Bertz CT molecular complexity index is 861. The van der Waals surface area contributed by atoms with E-state index in [0.29, 0.717) is 11.5 Å². The summed E-state index contributed by atoms with van der Waals surface area (Å²) in [5.41, 5.74) is 0.731. The van der Waals surface area contributed by atoms with Crippen molar-refractivity contribution < 1.29 is 28.6 Å². The van der Waals surface area contributed by atoms with E-state index in [1.54, 1.807) is 12.1 Å². The molecule has 0 saturated heterocycles. The van der Waals surface area contributed by atoms with Crippen LogP contribution in [0.15, 0.2) is 30.3 Å². The zero-order chi connectivity index (χ0) is 21.0. The number of carboxylic acid groups (broad SMARTS) is 1. The second-order valence-corrected chi connectivity index (χ2v) is 6.88. The van der Waals surface area contributed by atoms with E-state index in [-0.39, 0.29) is 23.5 Å². The third kappa shape index (κ3) is 5.22. The van der Waals surface area contributed by atoms with Gasteiger partial charge in [0.15, 0.2) is 0 Å². The standard InChI is InChI=1S/C21H24FNO5/c1-11(2)27-18-8-14(9-19(13(18)5)28-12(3)4)20(24)23-15-6-7-16(21(25)26)17(22)10-15/h6-12H,1-5H3,(H,23,24)(H,25,26). The van der Waals surface area contributed by atoms with Gasteiger partial charge in [-0.1, -0.05) is 0 Å². The normalized spacial score (nSPS) is 10.9. The first-order valence-electron chi connectivity index (χ1n) is 8.90. The molecule has 0 aromatic heterocycles. The fraction of sp³-hybridized carbons (Fsp3) is 0.333. The molecule has 0 saturated carbocycles. The number of carboxylic acids is 1. The molecule has 6 nitrogen and oxygen atoms in total. The zero-order valence-electron chi connectivity index (χ0n) is 16.5. The molecule has 28 heavy (non-hydrogen) atoms. The highest BCUT2D eigenvalue weighted by Gasteiger charge is 2.17. The number of aromatic carboxylic acids is 1. The molecule has 2 aromatic carbocycles. The third-order valence-corrected chi connectivity index (χ3v) is 3.76. The summed E-state index contributed by atoms with van der Waals surface area (Å²) in [6.45, 7) is 9.35. The Labute approximate surface area is 163 Å². The van der Waals surface area contributed by atoms with Gasteiger partial charge in [0, 0.05) is 16.8 Å². The van der Waals surface area contributed by atoms with Crippen LogP contribution in [0.4, 0.5) is 10.1 Å². The Hall–Kier alpha value is -3.09. The number of ether oxygens (including phenoxy) is 2. The van der Waals surface area contributed by atoms with Crippen LogP contribution in [-0.2, 0) is 0 Å². The van der Waals surface area contributed by atoms with Crippen LogP contribution in [0.2, 0.25) is 0 Å². The molecule has 0 atom stereocenters. The van der Waals surface area contributed by atoms with Crippen LogP contribution in [0.25, 0.3) is 0 Å². The second kappa shape index (κ2) is 8.73. The monoisotopic (exact) mass is 389 g/mol. The van der Waals surface area contributed by atoms with Crippen molar-refractivity contribution in [3.05, 3.63) is 52.8 Å². The van der Waals surface area contributed by atoms with Gasteiger partial charge in [0.05, 0.1) is 17.8 Å². The minimum absolute atomic E-state index is 0.0958. The van der Waals surface area contributed by atoms with E-state index in [9.17, 15) is 14.0 Å². The first kappa shape index (κ1) is 21.2. The van der Waals surface area contributed by atoms with Gasteiger partial charge in [-0.3, -0.25) is 4.79 Å². The molecule has 2 rings (SSSR count). The fourth-order valence-electron chi connectivity index (χ4n) is 2.52. The van der Waals surface area contributed by atoms with E-state index in [1.165, 1.54) is 6.07 Å². The van der Waals surface area contributed by atoms with E-state index in [2.05, 4.69) is 5.32 Å². The van der Waals surface area contributed by atoms with Crippen LogP contribution in [-0.4, -0.2) is 29.2 Å². The predicted octanol–water partition coefficient (Wildman–Crippen LogP) is 4.66. The summed E-state index contributed by atoms with van der Waals surface area (Å²) in [7, 11) is 0. The largest absolute Gasteiger partial charge is 0.491 e. The van der Waals surface area contributed by atoms with Gasteiger partial charge < -0.3 is 19.9 Å². The number of hydrogen-bond donors (Lipinski definition) is 2. The van der Waals surface area contributed by atoms with E-state index in [4.69, 9.17) is 14.6 Å². The molecular formula is C21H24FNO5. The maximum atomic E-state index is 13.8. The van der Waals surface area contributed by atoms with Gasteiger partial charge in [0.2, 0.25) is 0 Å². The number of carbonyl (C=O) groups excluding carboxylic acids is 1. The number of halogens is 1. The summed E-state index contributed by atoms with van der Waals surface area (Å²) in [5.74, 6) is -1.76. The molecule has 2 aromatic rings. The molecule has 0 radical (unpaired) electrons. The molecule has 0 aliphatic rings. The lowest BCUT2D eigenvalue weighted by atomic mass is 10.1. The molecule has 0 heterocycles. The van der Waals surface area contributed by atoms with Crippen molar-refractivity contribution in [3.8, 4) is 11.5 Å². The lowest BCUT2D eigenvalue weighted by Crippen LogP contribution is -2.15.